The Morgan fingerprint density at radius 3 is 2.60 bits per heavy atom. The second-order valence-electron chi connectivity index (χ2n) is 8.45. The first-order valence-electron chi connectivity index (χ1n) is 11.3. The molecule has 1 saturated heterocycles. The number of carbonyl (C=O) groups excluding carboxylic acids is 1. The lowest BCUT2D eigenvalue weighted by molar-refractivity contribution is -0.174. The van der Waals surface area contributed by atoms with Crippen LogP contribution in [-0.4, -0.2) is 56.2 Å². The van der Waals surface area contributed by atoms with E-state index in [1.807, 2.05) is 48.2 Å². The molecule has 0 spiro atoms. The van der Waals surface area contributed by atoms with Gasteiger partial charge in [-0.15, -0.1) is 0 Å². The van der Waals surface area contributed by atoms with Gasteiger partial charge in [0.25, 0.3) is 0 Å². The van der Waals surface area contributed by atoms with Gasteiger partial charge in [-0.05, 0) is 49.3 Å². The lowest BCUT2D eigenvalue weighted by Gasteiger charge is -2.55. The Labute approximate surface area is 210 Å². The highest BCUT2D eigenvalue weighted by molar-refractivity contribution is 7.80. The molecule has 2 aromatic carbocycles. The molecule has 1 fully saturated rings. The molecule has 0 unspecified atom stereocenters. The second kappa shape index (κ2) is 10.0. The zero-order valence-corrected chi connectivity index (χ0v) is 21.1. The summed E-state index contributed by atoms with van der Waals surface area (Å²) in [4.78, 5) is 15.2. The number of thiocarbonyl (C=S) groups is 1. The second-order valence-corrected chi connectivity index (χ2v) is 8.84. The summed E-state index contributed by atoms with van der Waals surface area (Å²) in [6, 6.07) is 11.0. The molecule has 2 aliphatic rings. The number of fused-ring (bicyclic) bond motifs is 4. The molecule has 3 atom stereocenters. The van der Waals surface area contributed by atoms with Gasteiger partial charge in [0.15, 0.2) is 33.8 Å². The molecule has 2 aliphatic heterocycles. The van der Waals surface area contributed by atoms with E-state index in [0.717, 1.165) is 11.1 Å². The Kier molecular flexibility index (Phi) is 7.07. The third-order valence-electron chi connectivity index (χ3n) is 6.51. The van der Waals surface area contributed by atoms with E-state index in [1.165, 1.54) is 0 Å². The van der Waals surface area contributed by atoms with Crippen molar-refractivity contribution in [3.63, 3.8) is 0 Å². The van der Waals surface area contributed by atoms with Gasteiger partial charge in [0.1, 0.15) is 12.5 Å². The lowest BCUT2D eigenvalue weighted by Crippen LogP contribution is -2.71. The number of para-hydroxylation sites is 1. The number of benzene rings is 2. The Morgan fingerprint density at radius 1 is 1.17 bits per heavy atom. The first-order chi connectivity index (χ1) is 16.9. The largest absolute Gasteiger partial charge is 0.493 e. The molecule has 8 nitrogen and oxygen atoms in total. The molecule has 1 N–H and O–H groups in total. The van der Waals surface area contributed by atoms with E-state index in [9.17, 15) is 4.79 Å². The summed E-state index contributed by atoms with van der Waals surface area (Å²) in [5.41, 5.74) is 0.712. The maximum Gasteiger partial charge on any atom is 0.317 e. The van der Waals surface area contributed by atoms with Crippen LogP contribution in [0.2, 0.25) is 0 Å². The molecule has 35 heavy (non-hydrogen) atoms. The fraction of sp³-hybridized carbons (Fsp3) is 0.385. The molecule has 2 aromatic rings. The van der Waals surface area contributed by atoms with Crippen molar-refractivity contribution in [2.75, 3.05) is 34.5 Å². The third-order valence-corrected chi connectivity index (χ3v) is 6.85. The van der Waals surface area contributed by atoms with Crippen LogP contribution in [0.1, 0.15) is 24.1 Å². The number of nitrogens with one attached hydrogen (secondary N) is 1. The number of nitrogens with zero attached hydrogens (tertiary/aromatic N) is 1. The summed E-state index contributed by atoms with van der Waals surface area (Å²) in [7, 11) is 4.80. The van der Waals surface area contributed by atoms with E-state index < -0.39 is 23.7 Å². The summed E-state index contributed by atoms with van der Waals surface area (Å²) in [5.74, 6) is 1.41. The van der Waals surface area contributed by atoms with Gasteiger partial charge >= 0.3 is 5.97 Å². The summed E-state index contributed by atoms with van der Waals surface area (Å²) in [5, 5.41) is 3.86. The van der Waals surface area contributed by atoms with Crippen LogP contribution >= 0.6 is 12.2 Å². The monoisotopic (exact) mass is 498 g/mol. The molecular weight excluding hydrogens is 468 g/mol. The van der Waals surface area contributed by atoms with Gasteiger partial charge in [-0.1, -0.05) is 30.9 Å². The Morgan fingerprint density at radius 2 is 1.91 bits per heavy atom. The topological polar surface area (TPSA) is 78.5 Å². The minimum Gasteiger partial charge on any atom is -0.493 e. The predicted octanol–water partition coefficient (Wildman–Crippen LogP) is 3.64. The molecule has 2 bridgehead atoms. The highest BCUT2D eigenvalue weighted by atomic mass is 32.1. The van der Waals surface area contributed by atoms with Crippen molar-refractivity contribution in [1.29, 1.82) is 0 Å². The van der Waals surface area contributed by atoms with Crippen LogP contribution < -0.4 is 24.3 Å². The zero-order chi connectivity index (χ0) is 25.2. The van der Waals surface area contributed by atoms with Crippen LogP contribution in [0.4, 0.5) is 0 Å². The van der Waals surface area contributed by atoms with Crippen LogP contribution in [0.3, 0.4) is 0 Å². The van der Waals surface area contributed by atoms with Crippen molar-refractivity contribution >= 4 is 23.3 Å². The SMILES string of the molecule is C=CCOC(=O)[C@H]1[C@@H]2NC(=S)N(CCc3ccc(OC)c(OC)c3)[C@@]1(C)Oc1c(OC)cccc12. The van der Waals surface area contributed by atoms with Gasteiger partial charge in [0.05, 0.1) is 27.4 Å². The van der Waals surface area contributed by atoms with Crippen LogP contribution in [-0.2, 0) is 16.0 Å². The first kappa shape index (κ1) is 24.7. The van der Waals surface area contributed by atoms with Crippen molar-refractivity contribution < 1.29 is 28.5 Å². The first-order valence-corrected chi connectivity index (χ1v) is 11.7. The molecular formula is C26H30N2O6S. The van der Waals surface area contributed by atoms with Gasteiger partial charge in [-0.3, -0.25) is 4.79 Å². The normalized spacial score (nSPS) is 22.3. The van der Waals surface area contributed by atoms with Crippen LogP contribution in [0, 0.1) is 5.92 Å². The highest BCUT2D eigenvalue weighted by Crippen LogP contribution is 2.51. The molecule has 9 heteroatoms. The highest BCUT2D eigenvalue weighted by Gasteiger charge is 2.59. The van der Waals surface area contributed by atoms with E-state index in [0.29, 0.717) is 41.1 Å². The number of rotatable bonds is 9. The standard InChI is InChI=1S/C26H30N2O6S/c1-6-14-33-24(29)21-22-17-8-7-9-19(31-4)23(17)34-26(21,2)28(25(35)27-22)13-12-16-10-11-18(30-3)20(15-16)32-5/h6-11,15,21-22H,1,12-14H2,2-5H3,(H,27,35)/t21-,22-,26+/m1/s1. The van der Waals surface area contributed by atoms with E-state index in [2.05, 4.69) is 11.9 Å². The maximum atomic E-state index is 13.3. The number of carbonyl (C=O) groups is 1. The van der Waals surface area contributed by atoms with Gasteiger partial charge < -0.3 is 33.9 Å². The Balaban J connectivity index is 1.70. The van der Waals surface area contributed by atoms with Gasteiger partial charge in [-0.2, -0.15) is 0 Å². The maximum absolute atomic E-state index is 13.3. The average molecular weight is 499 g/mol. The van der Waals surface area contributed by atoms with Crippen molar-refractivity contribution in [2.45, 2.75) is 25.1 Å². The van der Waals surface area contributed by atoms with E-state index >= 15 is 0 Å². The fourth-order valence-electron chi connectivity index (χ4n) is 4.79. The van der Waals surface area contributed by atoms with Crippen molar-refractivity contribution in [2.24, 2.45) is 5.92 Å². The zero-order valence-electron chi connectivity index (χ0n) is 20.3. The lowest BCUT2D eigenvalue weighted by atomic mass is 9.79. The molecule has 0 radical (unpaired) electrons. The summed E-state index contributed by atoms with van der Waals surface area (Å²) in [6.07, 6.45) is 2.17. The molecule has 0 saturated carbocycles. The quantitative estimate of drug-likeness (QED) is 0.317. The Hall–Kier alpha value is -3.46. The van der Waals surface area contributed by atoms with Crippen molar-refractivity contribution in [3.8, 4) is 23.0 Å². The van der Waals surface area contributed by atoms with Gasteiger partial charge in [0.2, 0.25) is 0 Å². The van der Waals surface area contributed by atoms with Gasteiger partial charge in [0, 0.05) is 12.1 Å². The molecule has 0 aliphatic carbocycles. The molecule has 186 valence electrons. The van der Waals surface area contributed by atoms with Crippen molar-refractivity contribution in [1.82, 2.24) is 10.2 Å². The van der Waals surface area contributed by atoms with Crippen molar-refractivity contribution in [3.05, 3.63) is 60.2 Å². The number of hydrogen-bond donors (Lipinski definition) is 1. The minimum atomic E-state index is -1.11. The minimum absolute atomic E-state index is 0.110. The smallest absolute Gasteiger partial charge is 0.317 e. The van der Waals surface area contributed by atoms with Crippen LogP contribution in [0.5, 0.6) is 23.0 Å². The molecule has 0 aromatic heterocycles. The van der Waals surface area contributed by atoms with E-state index in [-0.39, 0.29) is 6.61 Å². The number of hydrogen-bond acceptors (Lipinski definition) is 7. The molecule has 4 rings (SSSR count). The average Bonchev–Trinajstić information content (AvgIpc) is 2.86. The van der Waals surface area contributed by atoms with E-state index in [1.54, 1.807) is 27.4 Å². The third kappa shape index (κ3) is 4.36. The Bertz CT molecular complexity index is 1140. The number of esters is 1. The fourth-order valence-corrected chi connectivity index (χ4v) is 5.19. The van der Waals surface area contributed by atoms with Crippen LogP contribution in [0.25, 0.3) is 0 Å². The van der Waals surface area contributed by atoms with Crippen LogP contribution in [0.15, 0.2) is 49.1 Å². The summed E-state index contributed by atoms with van der Waals surface area (Å²) < 4.78 is 28.4. The summed E-state index contributed by atoms with van der Waals surface area (Å²) in [6.45, 7) is 6.12. The number of ether oxygens (including phenoxy) is 5. The summed E-state index contributed by atoms with van der Waals surface area (Å²) >= 11 is 5.76. The molecule has 0 amide bonds. The van der Waals surface area contributed by atoms with Gasteiger partial charge in [-0.25, -0.2) is 0 Å². The number of methoxy groups -OCH3 is 3. The van der Waals surface area contributed by atoms with E-state index in [4.69, 9.17) is 35.9 Å². The molecule has 2 heterocycles. The predicted molar refractivity (Wildman–Crippen MR) is 135 cm³/mol.